The van der Waals surface area contributed by atoms with Crippen LogP contribution in [-0.2, 0) is 0 Å². The fraction of sp³-hybridized carbons (Fsp3) is 0.400. The Bertz CT molecular complexity index is 329. The lowest BCUT2D eigenvalue weighted by Crippen LogP contribution is -2.28. The number of alkyl halides is 1. The van der Waals surface area contributed by atoms with Crippen molar-refractivity contribution in [1.82, 2.24) is 9.88 Å². The predicted octanol–water partition coefficient (Wildman–Crippen LogP) is 2.59. The molecular weight excluding hydrogens is 279 g/mol. The van der Waals surface area contributed by atoms with Crippen molar-refractivity contribution in [2.45, 2.75) is 6.42 Å². The van der Waals surface area contributed by atoms with E-state index in [4.69, 9.17) is 11.6 Å². The van der Waals surface area contributed by atoms with E-state index in [9.17, 15) is 4.79 Å². The second kappa shape index (κ2) is 6.08. The molecule has 1 heterocycles. The zero-order valence-corrected chi connectivity index (χ0v) is 10.8. The third-order valence-electron chi connectivity index (χ3n) is 1.92. The fourth-order valence-corrected chi connectivity index (χ4v) is 1.46. The zero-order chi connectivity index (χ0) is 11.3. The molecule has 0 aliphatic rings. The summed E-state index contributed by atoms with van der Waals surface area (Å²) in [6.45, 7) is 0.717. The molecule has 0 atom stereocenters. The summed E-state index contributed by atoms with van der Waals surface area (Å²) in [7, 11) is 1.77. The number of pyridine rings is 1. The van der Waals surface area contributed by atoms with Gasteiger partial charge in [0, 0.05) is 25.1 Å². The van der Waals surface area contributed by atoms with Crippen LogP contribution in [0.4, 0.5) is 0 Å². The summed E-state index contributed by atoms with van der Waals surface area (Å²) in [4.78, 5) is 17.4. The Kier molecular flexibility index (Phi) is 5.05. The van der Waals surface area contributed by atoms with Crippen molar-refractivity contribution in [3.8, 4) is 0 Å². The molecule has 5 heteroatoms. The van der Waals surface area contributed by atoms with Crippen molar-refractivity contribution in [2.24, 2.45) is 0 Å². The Labute approximate surface area is 103 Å². The van der Waals surface area contributed by atoms with Crippen LogP contribution >= 0.6 is 27.5 Å². The topological polar surface area (TPSA) is 33.2 Å². The highest BCUT2D eigenvalue weighted by molar-refractivity contribution is 9.09. The van der Waals surface area contributed by atoms with Gasteiger partial charge in [-0.25, -0.2) is 4.98 Å². The van der Waals surface area contributed by atoms with Crippen molar-refractivity contribution < 1.29 is 4.79 Å². The Morgan fingerprint density at radius 3 is 2.87 bits per heavy atom. The summed E-state index contributed by atoms with van der Waals surface area (Å²) in [6.07, 6.45) is 2.41. The summed E-state index contributed by atoms with van der Waals surface area (Å²) < 4.78 is 0. The number of carbonyl (C=O) groups is 1. The van der Waals surface area contributed by atoms with E-state index in [0.29, 0.717) is 17.3 Å². The molecule has 0 unspecified atom stereocenters. The van der Waals surface area contributed by atoms with Gasteiger partial charge in [-0.15, -0.1) is 0 Å². The molecule has 0 saturated heterocycles. The van der Waals surface area contributed by atoms with Crippen LogP contribution in [0.1, 0.15) is 16.9 Å². The van der Waals surface area contributed by atoms with Gasteiger partial charge >= 0.3 is 0 Å². The van der Waals surface area contributed by atoms with Crippen LogP contribution in [0, 0.1) is 0 Å². The van der Waals surface area contributed by atoms with Gasteiger partial charge in [0.2, 0.25) is 0 Å². The van der Waals surface area contributed by atoms with Gasteiger partial charge in [0.1, 0.15) is 5.69 Å². The summed E-state index contributed by atoms with van der Waals surface area (Å²) in [5, 5.41) is 1.42. The summed E-state index contributed by atoms with van der Waals surface area (Å²) in [6, 6.07) is 3.30. The molecule has 0 spiro atoms. The molecule has 0 bridgehead atoms. The van der Waals surface area contributed by atoms with Crippen LogP contribution in [-0.4, -0.2) is 34.7 Å². The first-order chi connectivity index (χ1) is 7.15. The number of rotatable bonds is 4. The number of hydrogen-bond acceptors (Lipinski definition) is 2. The Balaban J connectivity index is 2.63. The molecule has 1 rings (SSSR count). The largest absolute Gasteiger partial charge is 0.340 e. The van der Waals surface area contributed by atoms with Gasteiger partial charge in [0.15, 0.2) is 0 Å². The molecule has 0 aliphatic carbocycles. The minimum absolute atomic E-state index is 0.0763. The second-order valence-corrected chi connectivity index (χ2v) is 4.36. The van der Waals surface area contributed by atoms with E-state index in [1.54, 1.807) is 24.1 Å². The van der Waals surface area contributed by atoms with Crippen molar-refractivity contribution in [1.29, 1.82) is 0 Å². The van der Waals surface area contributed by atoms with Crippen LogP contribution < -0.4 is 0 Å². The van der Waals surface area contributed by atoms with E-state index >= 15 is 0 Å². The molecule has 15 heavy (non-hydrogen) atoms. The smallest absolute Gasteiger partial charge is 0.272 e. The van der Waals surface area contributed by atoms with Crippen LogP contribution in [0.15, 0.2) is 18.3 Å². The minimum atomic E-state index is -0.0763. The highest BCUT2D eigenvalue weighted by atomic mass is 79.9. The molecule has 1 amide bonds. The number of halogens is 2. The Hall–Kier alpha value is -0.610. The molecule has 1 aromatic rings. The fourth-order valence-electron chi connectivity index (χ4n) is 1.10. The lowest BCUT2D eigenvalue weighted by Gasteiger charge is -2.15. The predicted molar refractivity (Wildman–Crippen MR) is 64.6 cm³/mol. The van der Waals surface area contributed by atoms with Crippen LogP contribution in [0.2, 0.25) is 5.02 Å². The maximum Gasteiger partial charge on any atom is 0.272 e. The van der Waals surface area contributed by atoms with Crippen molar-refractivity contribution in [3.63, 3.8) is 0 Å². The maximum absolute atomic E-state index is 11.8. The van der Waals surface area contributed by atoms with E-state index in [2.05, 4.69) is 20.9 Å². The van der Waals surface area contributed by atoms with Crippen molar-refractivity contribution in [3.05, 3.63) is 29.0 Å². The number of aromatic nitrogens is 1. The van der Waals surface area contributed by atoms with Gasteiger partial charge < -0.3 is 4.90 Å². The monoisotopic (exact) mass is 290 g/mol. The molecule has 82 valence electrons. The Morgan fingerprint density at radius 1 is 1.60 bits per heavy atom. The number of carbonyl (C=O) groups excluding carboxylic acids is 1. The summed E-state index contributed by atoms with van der Waals surface area (Å²) >= 11 is 9.01. The van der Waals surface area contributed by atoms with Gasteiger partial charge in [-0.05, 0) is 18.6 Å². The second-order valence-electron chi connectivity index (χ2n) is 3.13. The van der Waals surface area contributed by atoms with Gasteiger partial charge in [0.05, 0.1) is 5.02 Å². The minimum Gasteiger partial charge on any atom is -0.340 e. The molecule has 0 radical (unpaired) electrons. The first-order valence-electron chi connectivity index (χ1n) is 4.58. The highest BCUT2D eigenvalue weighted by Gasteiger charge is 2.11. The van der Waals surface area contributed by atoms with E-state index < -0.39 is 0 Å². The highest BCUT2D eigenvalue weighted by Crippen LogP contribution is 2.08. The van der Waals surface area contributed by atoms with Crippen molar-refractivity contribution >= 4 is 33.4 Å². The average molecular weight is 292 g/mol. The maximum atomic E-state index is 11.8. The lowest BCUT2D eigenvalue weighted by atomic mass is 10.3. The first-order valence-corrected chi connectivity index (χ1v) is 6.08. The molecule has 0 fully saturated rings. The Morgan fingerprint density at radius 2 is 2.33 bits per heavy atom. The third-order valence-corrected chi connectivity index (χ3v) is 2.70. The molecule has 0 saturated carbocycles. The quantitative estimate of drug-likeness (QED) is 0.799. The van der Waals surface area contributed by atoms with Crippen LogP contribution in [0.25, 0.3) is 0 Å². The molecule has 0 aliphatic heterocycles. The normalized spacial score (nSPS) is 10.1. The molecule has 0 N–H and O–H groups in total. The van der Waals surface area contributed by atoms with E-state index in [1.165, 1.54) is 6.20 Å². The van der Waals surface area contributed by atoms with Gasteiger partial charge in [-0.3, -0.25) is 4.79 Å². The lowest BCUT2D eigenvalue weighted by molar-refractivity contribution is 0.0790. The third kappa shape index (κ3) is 3.80. The summed E-state index contributed by atoms with van der Waals surface area (Å²) in [5.41, 5.74) is 0.427. The van der Waals surface area contributed by atoms with E-state index in [-0.39, 0.29) is 5.91 Å². The van der Waals surface area contributed by atoms with Gasteiger partial charge in [-0.2, -0.15) is 0 Å². The average Bonchev–Trinajstić information content (AvgIpc) is 2.26. The first kappa shape index (κ1) is 12.5. The van der Waals surface area contributed by atoms with Gasteiger partial charge in [-0.1, -0.05) is 27.5 Å². The van der Waals surface area contributed by atoms with Crippen LogP contribution in [0.3, 0.4) is 0 Å². The standard InChI is InChI=1S/C10H12BrClN2O/c1-14(6-2-5-11)10(15)9-4-3-8(12)7-13-9/h3-4,7H,2,5-6H2,1H3. The number of amides is 1. The SMILES string of the molecule is CN(CCCBr)C(=O)c1ccc(Cl)cn1. The zero-order valence-electron chi connectivity index (χ0n) is 8.41. The molecule has 0 aromatic carbocycles. The number of hydrogen-bond donors (Lipinski definition) is 0. The number of nitrogens with zero attached hydrogens (tertiary/aromatic N) is 2. The van der Waals surface area contributed by atoms with Crippen molar-refractivity contribution in [2.75, 3.05) is 18.9 Å². The molecule has 3 nitrogen and oxygen atoms in total. The molecule has 1 aromatic heterocycles. The summed E-state index contributed by atoms with van der Waals surface area (Å²) in [5.74, 6) is -0.0763. The van der Waals surface area contributed by atoms with Gasteiger partial charge in [0.25, 0.3) is 5.91 Å². The van der Waals surface area contributed by atoms with Crippen LogP contribution in [0.5, 0.6) is 0 Å². The molecular formula is C10H12BrClN2O. The van der Waals surface area contributed by atoms with E-state index in [1.807, 2.05) is 0 Å². The van der Waals surface area contributed by atoms with E-state index in [0.717, 1.165) is 11.8 Å².